The van der Waals surface area contributed by atoms with E-state index in [1.54, 1.807) is 0 Å². The predicted molar refractivity (Wildman–Crippen MR) is 120 cm³/mol. The number of fused-ring (bicyclic) bond motifs is 1. The molecule has 1 heterocycles. The van der Waals surface area contributed by atoms with Gasteiger partial charge in [-0.15, -0.1) is 0 Å². The average Bonchev–Trinajstić information content (AvgIpc) is 3.36. The number of amides is 1. The molecule has 2 aromatic carbocycles. The summed E-state index contributed by atoms with van der Waals surface area (Å²) in [7, 11) is 1.30. The van der Waals surface area contributed by atoms with Crippen LogP contribution in [0.1, 0.15) is 18.4 Å². The van der Waals surface area contributed by atoms with Gasteiger partial charge in [0.2, 0.25) is 0 Å². The van der Waals surface area contributed by atoms with E-state index in [1.807, 2.05) is 30.3 Å². The van der Waals surface area contributed by atoms with Crippen molar-refractivity contribution in [2.45, 2.75) is 31.6 Å². The summed E-state index contributed by atoms with van der Waals surface area (Å²) in [5, 5.41) is -0.0691. The van der Waals surface area contributed by atoms with Crippen LogP contribution in [0.4, 0.5) is 9.18 Å². The highest BCUT2D eigenvalue weighted by Crippen LogP contribution is 2.44. The van der Waals surface area contributed by atoms with Crippen molar-refractivity contribution in [3.63, 3.8) is 0 Å². The molecular weight excluding hydrogens is 449 g/mol. The second kappa shape index (κ2) is 10.2. The number of rotatable bonds is 5. The van der Waals surface area contributed by atoms with E-state index in [1.165, 1.54) is 36.3 Å². The minimum Gasteiger partial charge on any atom is -0.467 e. The third kappa shape index (κ3) is 5.42. The van der Waals surface area contributed by atoms with Gasteiger partial charge in [-0.25, -0.2) is 14.0 Å². The van der Waals surface area contributed by atoms with Gasteiger partial charge in [-0.1, -0.05) is 30.3 Å². The van der Waals surface area contributed by atoms with Gasteiger partial charge in [0, 0.05) is 18.8 Å². The molecule has 0 bridgehead atoms. The summed E-state index contributed by atoms with van der Waals surface area (Å²) < 4.78 is 34.7. The number of ether oxygens (including phenoxy) is 4. The first-order chi connectivity index (χ1) is 15.9. The number of methoxy groups -OCH3 is 1. The van der Waals surface area contributed by atoms with Gasteiger partial charge in [0.05, 0.1) is 7.11 Å². The second-order valence-electron chi connectivity index (χ2n) is 8.10. The number of likely N-dealkylation sites (tertiary alicyclic amines) is 1. The van der Waals surface area contributed by atoms with Crippen molar-refractivity contribution >= 4 is 29.5 Å². The first-order valence-electron chi connectivity index (χ1n) is 10.6. The zero-order chi connectivity index (χ0) is 23.4. The van der Waals surface area contributed by atoms with Crippen LogP contribution in [0.5, 0.6) is 5.75 Å². The van der Waals surface area contributed by atoms with Gasteiger partial charge in [-0.3, -0.25) is 4.90 Å². The molecule has 4 atom stereocenters. The SMILES string of the molecule is COC(=O)[C@@H]1[C@@H]2CC(OC(=S)Oc3ccc(F)cc3)C[C@@H]2CN1C(=O)OCc1ccccc1. The summed E-state index contributed by atoms with van der Waals surface area (Å²) in [6.45, 7) is 0.490. The number of hydrogen-bond acceptors (Lipinski definition) is 7. The third-order valence-corrected chi connectivity index (χ3v) is 6.22. The van der Waals surface area contributed by atoms with Crippen LogP contribution in [-0.2, 0) is 25.6 Å². The highest BCUT2D eigenvalue weighted by molar-refractivity contribution is 7.79. The normalized spacial score (nSPS) is 23.5. The molecule has 33 heavy (non-hydrogen) atoms. The van der Waals surface area contributed by atoms with E-state index in [-0.39, 0.29) is 35.6 Å². The van der Waals surface area contributed by atoms with Crippen LogP contribution in [0.2, 0.25) is 0 Å². The Hall–Kier alpha value is -3.20. The number of carbonyl (C=O) groups excluding carboxylic acids is 2. The Balaban J connectivity index is 1.35. The van der Waals surface area contributed by atoms with Crippen molar-refractivity contribution in [3.05, 3.63) is 66.0 Å². The highest BCUT2D eigenvalue weighted by atomic mass is 32.1. The van der Waals surface area contributed by atoms with E-state index < -0.39 is 18.1 Å². The molecule has 0 radical (unpaired) electrons. The lowest BCUT2D eigenvalue weighted by Crippen LogP contribution is -2.44. The lowest BCUT2D eigenvalue weighted by atomic mass is 9.94. The fraction of sp³-hybridized carbons (Fsp3) is 0.375. The van der Waals surface area contributed by atoms with Gasteiger partial charge in [-0.2, -0.15) is 0 Å². The number of thiocarbonyl (C=S) groups is 1. The highest BCUT2D eigenvalue weighted by Gasteiger charge is 2.54. The summed E-state index contributed by atoms with van der Waals surface area (Å²) >= 11 is 5.17. The summed E-state index contributed by atoms with van der Waals surface area (Å²) in [5.41, 5.74) is 0.864. The van der Waals surface area contributed by atoms with Crippen LogP contribution in [-0.4, -0.2) is 48.0 Å². The zero-order valence-corrected chi connectivity index (χ0v) is 18.8. The van der Waals surface area contributed by atoms with Gasteiger partial charge in [0.15, 0.2) is 0 Å². The van der Waals surface area contributed by atoms with E-state index in [9.17, 15) is 14.0 Å². The number of carbonyl (C=O) groups is 2. The lowest BCUT2D eigenvalue weighted by molar-refractivity contribution is -0.146. The fourth-order valence-electron chi connectivity index (χ4n) is 4.57. The molecule has 1 saturated heterocycles. The fourth-order valence-corrected chi connectivity index (χ4v) is 4.80. The molecule has 4 rings (SSSR count). The van der Waals surface area contributed by atoms with Crippen LogP contribution in [0.25, 0.3) is 0 Å². The van der Waals surface area contributed by atoms with Gasteiger partial charge in [0.1, 0.15) is 30.3 Å². The Bertz CT molecular complexity index is 1000. The maximum absolute atomic E-state index is 13.0. The molecule has 2 aliphatic rings. The molecule has 2 aromatic rings. The van der Waals surface area contributed by atoms with Crippen LogP contribution < -0.4 is 4.74 Å². The lowest BCUT2D eigenvalue weighted by Gasteiger charge is -2.26. The van der Waals surface area contributed by atoms with Crippen LogP contribution >= 0.6 is 12.2 Å². The molecule has 1 aliphatic carbocycles. The summed E-state index contributed by atoms with van der Waals surface area (Å²) in [6, 6.07) is 14.1. The standard InChI is InChI=1S/C24H24FNO6S/c1-29-22(27)21-20-12-19(32-24(33)31-18-9-7-17(25)8-10-18)11-16(20)13-26(21)23(28)30-14-15-5-3-2-4-6-15/h2-10,16,19-21H,11-14H2,1H3/t16-,19?,20-,21+/m1/s1. The molecule has 174 valence electrons. The maximum Gasteiger partial charge on any atom is 0.410 e. The molecule has 7 nitrogen and oxygen atoms in total. The average molecular weight is 474 g/mol. The largest absolute Gasteiger partial charge is 0.467 e. The number of benzene rings is 2. The van der Waals surface area contributed by atoms with E-state index >= 15 is 0 Å². The molecule has 1 amide bonds. The Labute approximate surface area is 196 Å². The molecule has 1 saturated carbocycles. The molecule has 0 aromatic heterocycles. The zero-order valence-electron chi connectivity index (χ0n) is 18.0. The van der Waals surface area contributed by atoms with E-state index in [0.717, 1.165) is 5.56 Å². The van der Waals surface area contributed by atoms with E-state index in [2.05, 4.69) is 0 Å². The summed E-state index contributed by atoms with van der Waals surface area (Å²) in [5.74, 6) is -0.583. The molecule has 9 heteroatoms. The number of halogens is 1. The Morgan fingerprint density at radius 2 is 1.82 bits per heavy atom. The van der Waals surface area contributed by atoms with Gasteiger partial charge >= 0.3 is 17.3 Å². The van der Waals surface area contributed by atoms with Crippen molar-refractivity contribution in [1.29, 1.82) is 0 Å². The Kier molecular flexibility index (Phi) is 7.08. The van der Waals surface area contributed by atoms with Crippen LogP contribution in [0, 0.1) is 17.7 Å². The quantitative estimate of drug-likeness (QED) is 0.478. The van der Waals surface area contributed by atoms with Crippen molar-refractivity contribution in [3.8, 4) is 5.75 Å². The van der Waals surface area contributed by atoms with Crippen LogP contribution in [0.3, 0.4) is 0 Å². The minimum absolute atomic E-state index is 0.0389. The molecule has 1 aliphatic heterocycles. The van der Waals surface area contributed by atoms with E-state index in [4.69, 9.17) is 31.2 Å². The molecule has 0 spiro atoms. The van der Waals surface area contributed by atoms with Gasteiger partial charge in [-0.05, 0) is 54.5 Å². The maximum atomic E-state index is 13.0. The van der Waals surface area contributed by atoms with E-state index in [0.29, 0.717) is 25.1 Å². The summed E-state index contributed by atoms with van der Waals surface area (Å²) in [4.78, 5) is 26.8. The van der Waals surface area contributed by atoms with Crippen molar-refractivity contribution in [2.75, 3.05) is 13.7 Å². The monoisotopic (exact) mass is 473 g/mol. The van der Waals surface area contributed by atoms with Crippen molar-refractivity contribution in [1.82, 2.24) is 4.90 Å². The first kappa shape index (κ1) is 23.0. The molecule has 1 unspecified atom stereocenters. The van der Waals surface area contributed by atoms with Gasteiger partial charge < -0.3 is 18.9 Å². The number of hydrogen-bond donors (Lipinski definition) is 0. The smallest absolute Gasteiger partial charge is 0.410 e. The van der Waals surface area contributed by atoms with Crippen molar-refractivity contribution < 1.29 is 32.9 Å². The molecule has 2 fully saturated rings. The third-order valence-electron chi connectivity index (χ3n) is 6.04. The first-order valence-corrected chi connectivity index (χ1v) is 11.0. The number of nitrogens with zero attached hydrogens (tertiary/aromatic N) is 1. The van der Waals surface area contributed by atoms with Crippen molar-refractivity contribution in [2.24, 2.45) is 11.8 Å². The second-order valence-corrected chi connectivity index (χ2v) is 8.44. The minimum atomic E-state index is -0.747. The van der Waals surface area contributed by atoms with Gasteiger partial charge in [0.25, 0.3) is 0 Å². The Morgan fingerprint density at radius 3 is 2.52 bits per heavy atom. The topological polar surface area (TPSA) is 74.3 Å². The Morgan fingerprint density at radius 1 is 1.09 bits per heavy atom. The summed E-state index contributed by atoms with van der Waals surface area (Å²) in [6.07, 6.45) is 0.312. The number of esters is 1. The molecular formula is C24H24FNO6S. The molecule has 0 N–H and O–H groups in total. The van der Waals surface area contributed by atoms with Crippen LogP contribution in [0.15, 0.2) is 54.6 Å². The predicted octanol–water partition coefficient (Wildman–Crippen LogP) is 4.09.